The third-order valence-electron chi connectivity index (χ3n) is 6.55. The molecule has 0 atom stereocenters. The molecule has 2 aromatic carbocycles. The zero-order chi connectivity index (χ0) is 28.5. The lowest BCUT2D eigenvalue weighted by Crippen LogP contribution is -2.44. The number of rotatable bonds is 5. The fourth-order valence-electron chi connectivity index (χ4n) is 4.22. The molecule has 2 heterocycles. The molecule has 0 bridgehead atoms. The van der Waals surface area contributed by atoms with Gasteiger partial charge >= 0.3 is 6.03 Å². The summed E-state index contributed by atoms with van der Waals surface area (Å²) in [5.74, 6) is -2.34. The minimum Gasteiger partial charge on any atom is -0.337 e. The maximum absolute atomic E-state index is 13.7. The Morgan fingerprint density at radius 1 is 0.974 bits per heavy atom. The van der Waals surface area contributed by atoms with Gasteiger partial charge in [-0.1, -0.05) is 39.0 Å². The molecule has 1 saturated heterocycles. The molecule has 0 aliphatic carbocycles. The zero-order valence-electron chi connectivity index (χ0n) is 22.3. The fraction of sp³-hybridized carbons (Fsp3) is 0.357. The minimum absolute atomic E-state index is 0.0825. The van der Waals surface area contributed by atoms with Crippen molar-refractivity contribution in [2.45, 2.75) is 33.1 Å². The standard InChI is InChI=1S/C28H31F2N3O4S2/c1-5-33(20-9-6-18(7-10-20)19-8-11-22(29)23(30)16-19)27(35)31-25-21(17-24(38-25)28(2,3)4)26(34)32-12-14-39(36,37)15-13-32/h6-11,16-17H,5,12-15H2,1-4H3,(H,31,35). The number of nitrogens with zero attached hydrogens (tertiary/aromatic N) is 2. The lowest BCUT2D eigenvalue weighted by atomic mass is 9.94. The summed E-state index contributed by atoms with van der Waals surface area (Å²) in [7, 11) is -3.15. The number of sulfone groups is 1. The third-order valence-corrected chi connectivity index (χ3v) is 9.63. The second-order valence-electron chi connectivity index (χ2n) is 10.4. The second-order valence-corrected chi connectivity index (χ2v) is 13.8. The highest BCUT2D eigenvalue weighted by molar-refractivity contribution is 7.91. The highest BCUT2D eigenvalue weighted by atomic mass is 32.2. The van der Waals surface area contributed by atoms with Crippen molar-refractivity contribution in [2.75, 3.05) is 41.4 Å². The van der Waals surface area contributed by atoms with Crippen LogP contribution in [0, 0.1) is 11.6 Å². The van der Waals surface area contributed by atoms with E-state index in [1.54, 1.807) is 30.3 Å². The fourth-order valence-corrected chi connectivity index (χ4v) is 6.51. The van der Waals surface area contributed by atoms with Gasteiger partial charge in [-0.05, 0) is 53.8 Å². The monoisotopic (exact) mass is 575 g/mol. The molecular weight excluding hydrogens is 544 g/mol. The number of anilines is 2. The normalized spacial score (nSPS) is 15.2. The van der Waals surface area contributed by atoms with Crippen molar-refractivity contribution in [3.05, 3.63) is 70.6 Å². The van der Waals surface area contributed by atoms with Gasteiger partial charge in [0, 0.05) is 30.2 Å². The van der Waals surface area contributed by atoms with E-state index in [9.17, 15) is 26.8 Å². The van der Waals surface area contributed by atoms with Gasteiger partial charge in [0.1, 0.15) is 5.00 Å². The van der Waals surface area contributed by atoms with Crippen LogP contribution in [0.1, 0.15) is 42.9 Å². The van der Waals surface area contributed by atoms with Crippen molar-refractivity contribution in [1.29, 1.82) is 0 Å². The molecule has 0 saturated carbocycles. The van der Waals surface area contributed by atoms with Crippen molar-refractivity contribution in [3.63, 3.8) is 0 Å². The predicted molar refractivity (Wildman–Crippen MR) is 151 cm³/mol. The molecule has 11 heteroatoms. The highest BCUT2D eigenvalue weighted by Crippen LogP contribution is 2.37. The van der Waals surface area contributed by atoms with E-state index in [-0.39, 0.29) is 35.9 Å². The molecule has 208 valence electrons. The van der Waals surface area contributed by atoms with Gasteiger partial charge < -0.3 is 4.90 Å². The van der Waals surface area contributed by atoms with Gasteiger partial charge in [-0.15, -0.1) is 11.3 Å². The van der Waals surface area contributed by atoms with E-state index in [2.05, 4.69) is 5.32 Å². The highest BCUT2D eigenvalue weighted by Gasteiger charge is 2.31. The Morgan fingerprint density at radius 2 is 1.59 bits per heavy atom. The van der Waals surface area contributed by atoms with E-state index in [4.69, 9.17) is 0 Å². The van der Waals surface area contributed by atoms with Crippen molar-refractivity contribution < 1.29 is 26.8 Å². The van der Waals surface area contributed by atoms with Gasteiger partial charge in [0.05, 0.1) is 17.1 Å². The van der Waals surface area contributed by atoms with Crippen LogP contribution in [0.4, 0.5) is 24.3 Å². The molecule has 3 aromatic rings. The number of thiophene rings is 1. The first-order valence-corrected chi connectivity index (χ1v) is 15.2. The number of benzene rings is 2. The Kier molecular flexibility index (Phi) is 8.13. The van der Waals surface area contributed by atoms with Crippen LogP contribution in [0.2, 0.25) is 0 Å². The summed E-state index contributed by atoms with van der Waals surface area (Å²) in [5, 5.41) is 3.30. The molecule has 39 heavy (non-hydrogen) atoms. The summed E-state index contributed by atoms with van der Waals surface area (Å²) in [6, 6.07) is 11.9. The van der Waals surface area contributed by atoms with Crippen LogP contribution >= 0.6 is 11.3 Å². The average molecular weight is 576 g/mol. The van der Waals surface area contributed by atoms with Gasteiger partial charge in [-0.25, -0.2) is 22.0 Å². The molecule has 3 amide bonds. The molecule has 1 N–H and O–H groups in total. The number of carbonyl (C=O) groups is 2. The third kappa shape index (κ3) is 6.47. The molecule has 1 fully saturated rings. The maximum atomic E-state index is 13.7. The largest absolute Gasteiger partial charge is 0.337 e. The van der Waals surface area contributed by atoms with E-state index < -0.39 is 27.5 Å². The smallest absolute Gasteiger partial charge is 0.326 e. The summed E-state index contributed by atoms with van der Waals surface area (Å²) < 4.78 is 50.7. The minimum atomic E-state index is -3.15. The van der Waals surface area contributed by atoms with Crippen LogP contribution in [-0.4, -0.2) is 56.4 Å². The quantitative estimate of drug-likeness (QED) is 0.409. The van der Waals surface area contributed by atoms with E-state index >= 15 is 0 Å². The molecule has 7 nitrogen and oxygen atoms in total. The zero-order valence-corrected chi connectivity index (χ0v) is 23.9. The molecule has 1 aliphatic rings. The van der Waals surface area contributed by atoms with E-state index in [0.29, 0.717) is 33.9 Å². The first-order chi connectivity index (χ1) is 18.3. The Morgan fingerprint density at radius 3 is 2.15 bits per heavy atom. The molecule has 1 aromatic heterocycles. The van der Waals surface area contributed by atoms with Crippen LogP contribution in [0.3, 0.4) is 0 Å². The van der Waals surface area contributed by atoms with Crippen molar-refractivity contribution in [2.24, 2.45) is 0 Å². The Labute approximate surface area is 231 Å². The van der Waals surface area contributed by atoms with Crippen molar-refractivity contribution in [1.82, 2.24) is 4.90 Å². The molecule has 0 unspecified atom stereocenters. The number of urea groups is 1. The average Bonchev–Trinajstić information content (AvgIpc) is 3.30. The summed E-state index contributed by atoms with van der Waals surface area (Å²) in [4.78, 5) is 30.7. The van der Waals surface area contributed by atoms with Crippen molar-refractivity contribution in [3.8, 4) is 11.1 Å². The second kappa shape index (κ2) is 11.1. The number of hydrogen-bond acceptors (Lipinski definition) is 5. The molecule has 0 spiro atoms. The summed E-state index contributed by atoms with van der Waals surface area (Å²) in [6.45, 7) is 8.41. The van der Waals surface area contributed by atoms with Gasteiger partial charge in [0.15, 0.2) is 21.5 Å². The number of carbonyl (C=O) groups excluding carboxylic acids is 2. The van der Waals surface area contributed by atoms with Crippen LogP contribution < -0.4 is 10.2 Å². The topological polar surface area (TPSA) is 86.8 Å². The summed E-state index contributed by atoms with van der Waals surface area (Å²) in [6.07, 6.45) is 0. The molecule has 1 aliphatic heterocycles. The lowest BCUT2D eigenvalue weighted by molar-refractivity contribution is 0.0771. The van der Waals surface area contributed by atoms with Crippen LogP contribution in [-0.2, 0) is 15.3 Å². The molecule has 4 rings (SSSR count). The van der Waals surface area contributed by atoms with Gasteiger partial charge in [0.2, 0.25) is 0 Å². The molecule has 0 radical (unpaired) electrons. The Balaban J connectivity index is 1.57. The number of nitrogens with one attached hydrogen (secondary N) is 1. The van der Waals surface area contributed by atoms with E-state index in [0.717, 1.165) is 17.0 Å². The first-order valence-electron chi connectivity index (χ1n) is 12.6. The Hall–Kier alpha value is -3.31. The van der Waals surface area contributed by atoms with Gasteiger partial charge in [-0.2, -0.15) is 0 Å². The Bertz CT molecular complexity index is 1480. The van der Waals surface area contributed by atoms with Crippen LogP contribution in [0.5, 0.6) is 0 Å². The first kappa shape index (κ1) is 28.7. The molecular formula is C28H31F2N3O4S2. The maximum Gasteiger partial charge on any atom is 0.326 e. The van der Waals surface area contributed by atoms with Gasteiger partial charge in [-0.3, -0.25) is 15.0 Å². The number of amides is 3. The van der Waals surface area contributed by atoms with Gasteiger partial charge in [0.25, 0.3) is 5.91 Å². The summed E-state index contributed by atoms with van der Waals surface area (Å²) in [5.41, 5.74) is 1.83. The number of halogens is 2. The predicted octanol–water partition coefficient (Wildman–Crippen LogP) is 5.92. The van der Waals surface area contributed by atoms with E-state index in [1.807, 2.05) is 27.7 Å². The summed E-state index contributed by atoms with van der Waals surface area (Å²) >= 11 is 1.32. The van der Waals surface area contributed by atoms with Crippen LogP contribution in [0.15, 0.2) is 48.5 Å². The van der Waals surface area contributed by atoms with Crippen LogP contribution in [0.25, 0.3) is 11.1 Å². The SMILES string of the molecule is CCN(C(=O)Nc1sc(C(C)(C)C)cc1C(=O)N1CCS(=O)(=O)CC1)c1ccc(-c2ccc(F)c(F)c2)cc1. The van der Waals surface area contributed by atoms with Crippen molar-refractivity contribution >= 4 is 43.8 Å². The number of hydrogen-bond donors (Lipinski definition) is 1. The lowest BCUT2D eigenvalue weighted by Gasteiger charge is -2.27. The van der Waals surface area contributed by atoms with E-state index in [1.165, 1.54) is 27.2 Å².